The zero-order valence-corrected chi connectivity index (χ0v) is 13.0. The van der Waals surface area contributed by atoms with Crippen molar-refractivity contribution in [1.29, 1.82) is 0 Å². The number of nitrogens with one attached hydrogen (secondary N) is 1. The molecule has 2 N–H and O–H groups in total. The van der Waals surface area contributed by atoms with Crippen molar-refractivity contribution in [2.45, 2.75) is 12.1 Å². The number of aliphatic hydroxyl groups is 1. The molecule has 1 saturated heterocycles. The Morgan fingerprint density at radius 2 is 2.33 bits per heavy atom. The number of fused-ring (bicyclic) bond motifs is 1. The fourth-order valence-corrected chi connectivity index (χ4v) is 3.70. The number of aromatic nitrogens is 1. The smallest absolute Gasteiger partial charge is 0.113 e. The Morgan fingerprint density at radius 3 is 3.19 bits per heavy atom. The lowest BCUT2D eigenvalue weighted by molar-refractivity contribution is -0.0461. The molecule has 0 unspecified atom stereocenters. The first-order valence-electron chi connectivity index (χ1n) is 7.18. The van der Waals surface area contributed by atoms with Gasteiger partial charge in [-0.25, -0.2) is 4.98 Å². The minimum absolute atomic E-state index is 0.379. The van der Waals surface area contributed by atoms with Crippen LogP contribution < -0.4 is 5.32 Å². The molecule has 3 rings (SSSR count). The summed E-state index contributed by atoms with van der Waals surface area (Å²) in [6, 6.07) is 8.16. The lowest BCUT2D eigenvalue weighted by atomic mass is 10.1. The van der Waals surface area contributed by atoms with Crippen molar-refractivity contribution >= 4 is 21.6 Å². The molecule has 0 bridgehead atoms. The maximum Gasteiger partial charge on any atom is 0.113 e. The van der Waals surface area contributed by atoms with Crippen LogP contribution in [0.5, 0.6) is 0 Å². The Hall–Kier alpha value is -1.05. The highest BCUT2D eigenvalue weighted by Gasteiger charge is 2.30. The average Bonchev–Trinajstić information content (AvgIpc) is 2.72. The van der Waals surface area contributed by atoms with Crippen LogP contribution in [0.4, 0.5) is 0 Å². The third-order valence-electron chi connectivity index (χ3n) is 3.56. The average molecular weight is 307 g/mol. The predicted octanol–water partition coefficient (Wildman–Crippen LogP) is 1.08. The standard InChI is InChI=1S/C15H21N3O2S/c1-18(10-15(19)9-16-6-7-20-11-15)8-14-17-12-4-2-3-5-13(12)21-14/h2-5,16,19H,6-11H2,1H3/t15-/m0/s1. The molecule has 0 saturated carbocycles. The number of thiazole rings is 1. The molecule has 1 fully saturated rings. The first-order valence-corrected chi connectivity index (χ1v) is 8.00. The number of nitrogens with zero attached hydrogens (tertiary/aromatic N) is 2. The number of benzene rings is 1. The van der Waals surface area contributed by atoms with Crippen LogP contribution in [0.2, 0.25) is 0 Å². The van der Waals surface area contributed by atoms with E-state index in [9.17, 15) is 5.11 Å². The molecule has 114 valence electrons. The van der Waals surface area contributed by atoms with Crippen LogP contribution in [0.1, 0.15) is 5.01 Å². The molecular formula is C15H21N3O2S. The van der Waals surface area contributed by atoms with Crippen molar-refractivity contribution in [3.63, 3.8) is 0 Å². The molecule has 6 heteroatoms. The Bertz CT molecular complexity index is 560. The molecule has 1 aromatic carbocycles. The number of ether oxygens (including phenoxy) is 1. The lowest BCUT2D eigenvalue weighted by Gasteiger charge is -2.30. The van der Waals surface area contributed by atoms with E-state index in [4.69, 9.17) is 4.74 Å². The summed E-state index contributed by atoms with van der Waals surface area (Å²) < 4.78 is 6.66. The van der Waals surface area contributed by atoms with E-state index in [1.807, 2.05) is 25.2 Å². The van der Waals surface area contributed by atoms with Crippen LogP contribution >= 0.6 is 11.3 Å². The van der Waals surface area contributed by atoms with E-state index in [1.54, 1.807) is 11.3 Å². The summed E-state index contributed by atoms with van der Waals surface area (Å²) in [6.45, 7) is 3.70. The van der Waals surface area contributed by atoms with Crippen LogP contribution in [0.3, 0.4) is 0 Å². The van der Waals surface area contributed by atoms with Gasteiger partial charge in [0.25, 0.3) is 0 Å². The zero-order chi connectivity index (χ0) is 14.7. The van der Waals surface area contributed by atoms with Gasteiger partial charge in [-0.05, 0) is 19.2 Å². The third-order valence-corrected chi connectivity index (χ3v) is 4.58. The molecule has 2 aromatic rings. The molecule has 1 aromatic heterocycles. The van der Waals surface area contributed by atoms with Gasteiger partial charge in [0.15, 0.2) is 0 Å². The van der Waals surface area contributed by atoms with Crippen molar-refractivity contribution in [2.75, 3.05) is 39.9 Å². The first-order chi connectivity index (χ1) is 10.1. The quantitative estimate of drug-likeness (QED) is 0.885. The fraction of sp³-hybridized carbons (Fsp3) is 0.533. The van der Waals surface area contributed by atoms with Crippen LogP contribution in [0.25, 0.3) is 10.2 Å². The maximum atomic E-state index is 10.6. The van der Waals surface area contributed by atoms with Gasteiger partial charge in [-0.15, -0.1) is 11.3 Å². The minimum atomic E-state index is -0.831. The molecule has 0 spiro atoms. The van der Waals surface area contributed by atoms with Crippen molar-refractivity contribution in [3.8, 4) is 0 Å². The summed E-state index contributed by atoms with van der Waals surface area (Å²) in [6.07, 6.45) is 0. The molecule has 2 heterocycles. The van der Waals surface area contributed by atoms with Crippen LogP contribution in [0, 0.1) is 0 Å². The van der Waals surface area contributed by atoms with E-state index < -0.39 is 5.60 Å². The Labute approximate surface area is 128 Å². The van der Waals surface area contributed by atoms with Gasteiger partial charge in [-0.2, -0.15) is 0 Å². The molecule has 0 aliphatic carbocycles. The van der Waals surface area contributed by atoms with E-state index in [0.29, 0.717) is 26.3 Å². The molecule has 1 aliphatic heterocycles. The SMILES string of the molecule is CN(Cc1nc2ccccc2s1)C[C@@]1(O)CNCCOC1. The highest BCUT2D eigenvalue weighted by molar-refractivity contribution is 7.18. The van der Waals surface area contributed by atoms with Gasteiger partial charge >= 0.3 is 0 Å². The van der Waals surface area contributed by atoms with Crippen LogP contribution in [-0.2, 0) is 11.3 Å². The molecule has 1 atom stereocenters. The van der Waals surface area contributed by atoms with Gasteiger partial charge in [0, 0.05) is 19.6 Å². The van der Waals surface area contributed by atoms with Gasteiger partial charge in [0.2, 0.25) is 0 Å². The molecule has 1 aliphatic rings. The summed E-state index contributed by atoms with van der Waals surface area (Å²) in [5, 5.41) is 14.9. The van der Waals surface area contributed by atoms with Gasteiger partial charge in [0.05, 0.1) is 30.0 Å². The number of β-amino-alcohol motifs (C(OH)–C–C–N with tert-alkyl or cyclic N) is 1. The Morgan fingerprint density at radius 1 is 1.48 bits per heavy atom. The second kappa shape index (κ2) is 6.37. The first kappa shape index (κ1) is 14.9. The Kier molecular flexibility index (Phi) is 4.51. The van der Waals surface area contributed by atoms with Gasteiger partial charge in [-0.3, -0.25) is 4.90 Å². The zero-order valence-electron chi connectivity index (χ0n) is 12.2. The highest BCUT2D eigenvalue weighted by atomic mass is 32.1. The summed E-state index contributed by atoms with van der Waals surface area (Å²) in [7, 11) is 2.01. The topological polar surface area (TPSA) is 57.6 Å². The van der Waals surface area contributed by atoms with Crippen molar-refractivity contribution in [2.24, 2.45) is 0 Å². The predicted molar refractivity (Wildman–Crippen MR) is 84.6 cm³/mol. The number of para-hydroxylation sites is 1. The normalized spacial score (nSPS) is 23.6. The van der Waals surface area contributed by atoms with E-state index in [0.717, 1.165) is 23.6 Å². The van der Waals surface area contributed by atoms with Gasteiger partial charge in [-0.1, -0.05) is 12.1 Å². The van der Waals surface area contributed by atoms with Gasteiger partial charge < -0.3 is 15.2 Å². The molecule has 0 radical (unpaired) electrons. The van der Waals surface area contributed by atoms with E-state index in [-0.39, 0.29) is 0 Å². The molecule has 5 nitrogen and oxygen atoms in total. The number of likely N-dealkylation sites (N-methyl/N-ethyl adjacent to an activating group) is 1. The number of hydrogen-bond donors (Lipinski definition) is 2. The summed E-state index contributed by atoms with van der Waals surface area (Å²) in [5.41, 5.74) is 0.214. The molecule has 21 heavy (non-hydrogen) atoms. The summed E-state index contributed by atoms with van der Waals surface area (Å²) in [4.78, 5) is 6.74. The minimum Gasteiger partial charge on any atom is -0.385 e. The second-order valence-electron chi connectivity index (χ2n) is 5.70. The largest absolute Gasteiger partial charge is 0.385 e. The van der Waals surface area contributed by atoms with E-state index >= 15 is 0 Å². The molecule has 0 amide bonds. The van der Waals surface area contributed by atoms with Crippen LogP contribution in [-0.4, -0.2) is 60.5 Å². The van der Waals surface area contributed by atoms with Crippen molar-refractivity contribution in [1.82, 2.24) is 15.2 Å². The summed E-state index contributed by atoms with van der Waals surface area (Å²) >= 11 is 1.71. The third kappa shape index (κ3) is 3.78. The lowest BCUT2D eigenvalue weighted by Crippen LogP contribution is -2.50. The number of rotatable bonds is 4. The van der Waals surface area contributed by atoms with E-state index in [2.05, 4.69) is 21.3 Å². The Balaban J connectivity index is 1.63. The van der Waals surface area contributed by atoms with E-state index in [1.165, 1.54) is 4.70 Å². The monoisotopic (exact) mass is 307 g/mol. The van der Waals surface area contributed by atoms with Crippen molar-refractivity contribution in [3.05, 3.63) is 29.3 Å². The van der Waals surface area contributed by atoms with Crippen molar-refractivity contribution < 1.29 is 9.84 Å². The second-order valence-corrected chi connectivity index (χ2v) is 6.82. The molecular weight excluding hydrogens is 286 g/mol. The highest BCUT2D eigenvalue weighted by Crippen LogP contribution is 2.22. The van der Waals surface area contributed by atoms with Gasteiger partial charge in [0.1, 0.15) is 10.6 Å². The maximum absolute atomic E-state index is 10.6. The number of hydrogen-bond acceptors (Lipinski definition) is 6. The summed E-state index contributed by atoms with van der Waals surface area (Å²) in [5.74, 6) is 0. The fourth-order valence-electron chi connectivity index (χ4n) is 2.66. The van der Waals surface area contributed by atoms with Crippen LogP contribution in [0.15, 0.2) is 24.3 Å².